The number of carboxylic acid groups (broad SMARTS) is 1. The van der Waals surface area contributed by atoms with E-state index in [0.29, 0.717) is 12.2 Å². The van der Waals surface area contributed by atoms with Gasteiger partial charge in [-0.1, -0.05) is 49.4 Å². The van der Waals surface area contributed by atoms with Crippen LogP contribution in [0.1, 0.15) is 46.9 Å². The number of carbonyl (C=O) groups is 2. The standard InChI is InChI=1S/C27H23N3O3/c1-16-22-12-11-19-15-29-25(17-7-9-18(10-8-17)26(32)33)30-24(19)27(22,13-20(14-28)23(16)31)21-5-3-2-4-6-21/h2-10,15-16,20,22H,11-13H2,1H3,(H,32,33)/t16-,20?,22-,27-/m0/s1. The van der Waals surface area contributed by atoms with Gasteiger partial charge in [-0.2, -0.15) is 5.26 Å². The SMILES string of the molecule is C[C@@H]1C(=O)C(C#N)C[C@@]2(c3ccccc3)c3nc(-c4ccc(C(=O)O)cc4)ncc3CC[C@@H]12. The molecule has 0 radical (unpaired) electrons. The van der Waals surface area contributed by atoms with Crippen molar-refractivity contribution in [1.29, 1.82) is 5.26 Å². The van der Waals surface area contributed by atoms with Crippen LogP contribution in [-0.2, 0) is 16.6 Å². The maximum Gasteiger partial charge on any atom is 0.335 e. The number of ketones is 1. The first-order chi connectivity index (χ1) is 16.0. The van der Waals surface area contributed by atoms with Crippen LogP contribution in [0.3, 0.4) is 0 Å². The van der Waals surface area contributed by atoms with Gasteiger partial charge in [-0.15, -0.1) is 0 Å². The van der Waals surface area contributed by atoms with Crippen molar-refractivity contribution in [2.45, 2.75) is 31.6 Å². The third kappa shape index (κ3) is 3.23. The molecule has 33 heavy (non-hydrogen) atoms. The van der Waals surface area contributed by atoms with Gasteiger partial charge < -0.3 is 5.11 Å². The molecule has 1 fully saturated rings. The highest BCUT2D eigenvalue weighted by molar-refractivity contribution is 5.88. The van der Waals surface area contributed by atoms with Gasteiger partial charge in [0.25, 0.3) is 0 Å². The number of carboxylic acids is 1. The van der Waals surface area contributed by atoms with Crippen LogP contribution in [0.4, 0.5) is 0 Å². The molecule has 4 atom stereocenters. The minimum atomic E-state index is -0.984. The molecule has 1 unspecified atom stereocenters. The Morgan fingerprint density at radius 2 is 1.88 bits per heavy atom. The van der Waals surface area contributed by atoms with Crippen LogP contribution in [0.25, 0.3) is 11.4 Å². The highest BCUT2D eigenvalue weighted by Crippen LogP contribution is 2.55. The molecule has 0 spiro atoms. The lowest BCUT2D eigenvalue weighted by Gasteiger charge is -2.51. The molecular formula is C27H23N3O3. The summed E-state index contributed by atoms with van der Waals surface area (Å²) in [6, 6.07) is 18.9. The van der Waals surface area contributed by atoms with Gasteiger partial charge in [-0.25, -0.2) is 14.8 Å². The molecule has 1 aromatic heterocycles. The van der Waals surface area contributed by atoms with Gasteiger partial charge in [0.15, 0.2) is 11.6 Å². The fourth-order valence-corrected chi connectivity index (χ4v) is 5.79. The minimum Gasteiger partial charge on any atom is -0.478 e. The average molecular weight is 437 g/mol. The summed E-state index contributed by atoms with van der Waals surface area (Å²) in [4.78, 5) is 33.8. The Labute approximate surface area is 191 Å². The molecule has 2 aliphatic carbocycles. The first-order valence-corrected chi connectivity index (χ1v) is 11.1. The number of aromatic nitrogens is 2. The predicted molar refractivity (Wildman–Crippen MR) is 121 cm³/mol. The molecule has 2 aromatic carbocycles. The molecule has 0 aliphatic heterocycles. The third-order valence-electron chi connectivity index (χ3n) is 7.40. The van der Waals surface area contributed by atoms with Crippen LogP contribution in [0, 0.1) is 29.1 Å². The summed E-state index contributed by atoms with van der Waals surface area (Å²) in [5, 5.41) is 19.0. The zero-order chi connectivity index (χ0) is 23.2. The van der Waals surface area contributed by atoms with Gasteiger partial charge in [-0.05, 0) is 48.4 Å². The summed E-state index contributed by atoms with van der Waals surface area (Å²) in [5.74, 6) is -1.33. The summed E-state index contributed by atoms with van der Waals surface area (Å²) in [5.41, 5.74) is 3.37. The van der Waals surface area contributed by atoms with Gasteiger partial charge in [0.1, 0.15) is 5.92 Å². The number of benzene rings is 2. The number of nitrogens with zero attached hydrogens (tertiary/aromatic N) is 3. The number of hydrogen-bond donors (Lipinski definition) is 1. The molecule has 0 bridgehead atoms. The van der Waals surface area contributed by atoms with E-state index in [1.165, 1.54) is 0 Å². The van der Waals surface area contributed by atoms with E-state index in [-0.39, 0.29) is 23.2 Å². The molecular weight excluding hydrogens is 414 g/mol. The van der Waals surface area contributed by atoms with Crippen LogP contribution in [-0.4, -0.2) is 26.8 Å². The monoisotopic (exact) mass is 437 g/mol. The number of nitriles is 1. The molecule has 164 valence electrons. The number of Topliss-reactive ketones (excluding diaryl/α,β-unsaturated/α-hetero) is 1. The molecule has 1 heterocycles. The maximum atomic E-state index is 13.0. The van der Waals surface area contributed by atoms with Crippen molar-refractivity contribution in [2.75, 3.05) is 0 Å². The summed E-state index contributed by atoms with van der Waals surface area (Å²) >= 11 is 0. The molecule has 6 nitrogen and oxygen atoms in total. The summed E-state index contributed by atoms with van der Waals surface area (Å²) in [7, 11) is 0. The Kier molecular flexibility index (Phi) is 5.05. The number of rotatable bonds is 3. The van der Waals surface area contributed by atoms with E-state index in [9.17, 15) is 20.0 Å². The van der Waals surface area contributed by atoms with Crippen LogP contribution < -0.4 is 0 Å². The first-order valence-electron chi connectivity index (χ1n) is 11.1. The van der Waals surface area contributed by atoms with Crippen molar-refractivity contribution in [1.82, 2.24) is 9.97 Å². The van der Waals surface area contributed by atoms with Crippen molar-refractivity contribution in [3.05, 3.63) is 83.2 Å². The molecule has 0 saturated heterocycles. The first kappa shape index (κ1) is 21.0. The molecule has 0 amide bonds. The third-order valence-corrected chi connectivity index (χ3v) is 7.40. The molecule has 1 N–H and O–H groups in total. The van der Waals surface area contributed by atoms with E-state index in [4.69, 9.17) is 4.98 Å². The summed E-state index contributed by atoms with van der Waals surface area (Å²) in [6.45, 7) is 1.95. The fourth-order valence-electron chi connectivity index (χ4n) is 5.79. The smallest absolute Gasteiger partial charge is 0.335 e. The quantitative estimate of drug-likeness (QED) is 0.650. The normalized spacial score (nSPS) is 26.1. The van der Waals surface area contributed by atoms with Crippen LogP contribution in [0.5, 0.6) is 0 Å². The number of aromatic carboxylic acids is 1. The van der Waals surface area contributed by atoms with Crippen LogP contribution >= 0.6 is 0 Å². The molecule has 1 saturated carbocycles. The number of hydrogen-bond acceptors (Lipinski definition) is 5. The van der Waals surface area contributed by atoms with E-state index < -0.39 is 17.3 Å². The van der Waals surface area contributed by atoms with Gasteiger partial charge >= 0.3 is 5.97 Å². The second kappa shape index (κ2) is 7.93. The lowest BCUT2D eigenvalue weighted by atomic mass is 9.51. The Balaban J connectivity index is 1.72. The molecule has 6 heteroatoms. The Morgan fingerprint density at radius 1 is 1.15 bits per heavy atom. The number of carbonyl (C=O) groups excluding carboxylic acids is 1. The second-order valence-electron chi connectivity index (χ2n) is 9.01. The minimum absolute atomic E-state index is 0.0241. The highest BCUT2D eigenvalue weighted by Gasteiger charge is 2.56. The van der Waals surface area contributed by atoms with Crippen molar-refractivity contribution in [3.63, 3.8) is 0 Å². The largest absolute Gasteiger partial charge is 0.478 e. The molecule has 5 rings (SSSR count). The van der Waals surface area contributed by atoms with Gasteiger partial charge in [0.05, 0.1) is 17.3 Å². The van der Waals surface area contributed by atoms with Gasteiger partial charge in [-0.3, -0.25) is 4.79 Å². The van der Waals surface area contributed by atoms with E-state index >= 15 is 0 Å². The zero-order valence-corrected chi connectivity index (χ0v) is 18.2. The van der Waals surface area contributed by atoms with Crippen molar-refractivity contribution >= 4 is 11.8 Å². The Hall–Kier alpha value is -3.85. The fraction of sp³-hybridized carbons (Fsp3) is 0.296. The van der Waals surface area contributed by atoms with E-state index in [1.54, 1.807) is 24.3 Å². The number of fused-ring (bicyclic) bond motifs is 3. The van der Waals surface area contributed by atoms with Crippen LogP contribution in [0.15, 0.2) is 60.8 Å². The zero-order valence-electron chi connectivity index (χ0n) is 18.2. The summed E-state index contributed by atoms with van der Waals surface area (Å²) < 4.78 is 0. The van der Waals surface area contributed by atoms with Crippen molar-refractivity contribution in [3.8, 4) is 17.5 Å². The maximum absolute atomic E-state index is 13.0. The second-order valence-corrected chi connectivity index (χ2v) is 9.01. The van der Waals surface area contributed by atoms with E-state index in [2.05, 4.69) is 23.2 Å². The van der Waals surface area contributed by atoms with Gasteiger partial charge in [0.2, 0.25) is 0 Å². The molecule has 2 aliphatic rings. The van der Waals surface area contributed by atoms with Crippen molar-refractivity contribution < 1.29 is 14.7 Å². The van der Waals surface area contributed by atoms with Crippen molar-refractivity contribution in [2.24, 2.45) is 17.8 Å². The lowest BCUT2D eigenvalue weighted by Crippen LogP contribution is -2.53. The lowest BCUT2D eigenvalue weighted by molar-refractivity contribution is -0.131. The average Bonchev–Trinajstić information content (AvgIpc) is 2.86. The number of aryl methyl sites for hydroxylation is 1. The Bertz CT molecular complexity index is 1280. The van der Waals surface area contributed by atoms with E-state index in [1.807, 2.05) is 31.3 Å². The Morgan fingerprint density at radius 3 is 2.55 bits per heavy atom. The predicted octanol–water partition coefficient (Wildman–Crippen LogP) is 4.44. The topological polar surface area (TPSA) is 104 Å². The van der Waals surface area contributed by atoms with E-state index in [0.717, 1.165) is 35.2 Å². The highest BCUT2D eigenvalue weighted by atomic mass is 16.4. The van der Waals surface area contributed by atoms with Gasteiger partial charge in [0, 0.05) is 23.1 Å². The van der Waals surface area contributed by atoms with Crippen LogP contribution in [0.2, 0.25) is 0 Å². The summed E-state index contributed by atoms with van der Waals surface area (Å²) in [6.07, 6.45) is 3.87. The molecule has 3 aromatic rings.